The summed E-state index contributed by atoms with van der Waals surface area (Å²) in [6.07, 6.45) is 9.80. The molecule has 3 nitrogen and oxygen atoms in total. The van der Waals surface area contributed by atoms with Crippen molar-refractivity contribution in [3.8, 4) is 5.75 Å². The van der Waals surface area contributed by atoms with Crippen molar-refractivity contribution in [3.63, 3.8) is 0 Å². The van der Waals surface area contributed by atoms with E-state index in [1.54, 1.807) is 6.20 Å². The van der Waals surface area contributed by atoms with Crippen molar-refractivity contribution in [3.05, 3.63) is 22.5 Å². The van der Waals surface area contributed by atoms with Crippen molar-refractivity contribution in [1.29, 1.82) is 0 Å². The van der Waals surface area contributed by atoms with Gasteiger partial charge in [0.05, 0.1) is 6.61 Å². The van der Waals surface area contributed by atoms with E-state index < -0.39 is 0 Å². The van der Waals surface area contributed by atoms with E-state index in [0.29, 0.717) is 11.8 Å². The van der Waals surface area contributed by atoms with Crippen LogP contribution in [-0.4, -0.2) is 23.3 Å². The van der Waals surface area contributed by atoms with Gasteiger partial charge in [0, 0.05) is 23.9 Å². The molecule has 1 heterocycles. The molecular weight excluding hydrogens is 274 g/mol. The van der Waals surface area contributed by atoms with Crippen molar-refractivity contribution < 1.29 is 9.84 Å². The van der Waals surface area contributed by atoms with Crippen molar-refractivity contribution in [1.82, 2.24) is 4.98 Å². The minimum absolute atomic E-state index is 0.320. The van der Waals surface area contributed by atoms with E-state index in [4.69, 9.17) is 21.4 Å². The quantitative estimate of drug-likeness (QED) is 0.512. The number of nitrogens with zero attached hydrogens (tertiary/aromatic N) is 1. The topological polar surface area (TPSA) is 42.4 Å². The number of aliphatic hydroxyl groups excluding tert-OH is 1. The molecule has 0 saturated carbocycles. The van der Waals surface area contributed by atoms with Gasteiger partial charge in [0.2, 0.25) is 0 Å². The van der Waals surface area contributed by atoms with E-state index >= 15 is 0 Å². The summed E-state index contributed by atoms with van der Waals surface area (Å²) in [6, 6.07) is 0. The summed E-state index contributed by atoms with van der Waals surface area (Å²) in [4.78, 5) is 4.10. The lowest BCUT2D eigenvalue weighted by molar-refractivity contribution is 0.281. The molecule has 0 amide bonds. The summed E-state index contributed by atoms with van der Waals surface area (Å²) in [5.41, 5.74) is 1.96. The van der Waals surface area contributed by atoms with E-state index in [1.165, 1.54) is 25.7 Å². The van der Waals surface area contributed by atoms with E-state index in [0.717, 1.165) is 42.7 Å². The SMILES string of the molecule is Cc1cnc(Cl)c(C)c1OCCCCCCCCCO. The first-order valence-corrected chi connectivity index (χ1v) is 7.90. The van der Waals surface area contributed by atoms with Gasteiger partial charge in [0.15, 0.2) is 0 Å². The Labute approximate surface area is 127 Å². The van der Waals surface area contributed by atoms with Crippen LogP contribution in [0.3, 0.4) is 0 Å². The van der Waals surface area contributed by atoms with Crippen LogP contribution in [0.5, 0.6) is 5.75 Å². The standard InChI is InChI=1S/C16H26ClNO2/c1-13-12-18-16(17)14(2)15(13)20-11-9-7-5-3-4-6-8-10-19/h12,19H,3-11H2,1-2H3. The van der Waals surface area contributed by atoms with Gasteiger partial charge in [-0.15, -0.1) is 0 Å². The molecule has 0 fully saturated rings. The van der Waals surface area contributed by atoms with Crippen molar-refractivity contribution in [2.24, 2.45) is 0 Å². The van der Waals surface area contributed by atoms with Crippen LogP contribution in [0, 0.1) is 13.8 Å². The molecule has 0 radical (unpaired) electrons. The fourth-order valence-electron chi connectivity index (χ4n) is 2.19. The van der Waals surface area contributed by atoms with Crippen molar-refractivity contribution >= 4 is 11.6 Å². The number of pyridine rings is 1. The summed E-state index contributed by atoms with van der Waals surface area (Å²) in [5, 5.41) is 9.20. The minimum atomic E-state index is 0.320. The Balaban J connectivity index is 2.14. The average Bonchev–Trinajstić information content (AvgIpc) is 2.44. The van der Waals surface area contributed by atoms with Crippen LogP contribution < -0.4 is 4.74 Å². The molecule has 1 aromatic heterocycles. The molecule has 0 saturated heterocycles. The Morgan fingerprint density at radius 3 is 2.30 bits per heavy atom. The number of ether oxygens (including phenoxy) is 1. The normalized spacial score (nSPS) is 10.8. The minimum Gasteiger partial charge on any atom is -0.493 e. The van der Waals surface area contributed by atoms with Gasteiger partial charge in [-0.2, -0.15) is 0 Å². The number of rotatable bonds is 10. The molecule has 0 aliphatic carbocycles. The highest BCUT2D eigenvalue weighted by Gasteiger charge is 2.08. The van der Waals surface area contributed by atoms with Crippen LogP contribution in [0.2, 0.25) is 5.15 Å². The summed E-state index contributed by atoms with van der Waals surface area (Å²) < 4.78 is 5.84. The molecule has 0 bridgehead atoms. The monoisotopic (exact) mass is 299 g/mol. The fourth-order valence-corrected chi connectivity index (χ4v) is 2.33. The first-order chi connectivity index (χ1) is 9.66. The maximum atomic E-state index is 8.68. The maximum Gasteiger partial charge on any atom is 0.135 e. The predicted molar refractivity (Wildman–Crippen MR) is 83.6 cm³/mol. The van der Waals surface area contributed by atoms with Crippen LogP contribution in [0.25, 0.3) is 0 Å². The first kappa shape index (κ1) is 17.3. The summed E-state index contributed by atoms with van der Waals surface area (Å²) in [7, 11) is 0. The van der Waals surface area contributed by atoms with Gasteiger partial charge < -0.3 is 9.84 Å². The third kappa shape index (κ3) is 6.10. The van der Waals surface area contributed by atoms with E-state index in [2.05, 4.69) is 4.98 Å². The third-order valence-electron chi connectivity index (χ3n) is 3.43. The zero-order valence-electron chi connectivity index (χ0n) is 12.6. The first-order valence-electron chi connectivity index (χ1n) is 7.52. The third-order valence-corrected chi connectivity index (χ3v) is 3.81. The molecule has 1 N–H and O–H groups in total. The van der Waals surface area contributed by atoms with Gasteiger partial charge in [0.1, 0.15) is 10.9 Å². The second-order valence-corrected chi connectivity index (χ2v) is 5.59. The van der Waals surface area contributed by atoms with Gasteiger partial charge >= 0.3 is 0 Å². The number of halogens is 1. The average molecular weight is 300 g/mol. The number of hydrogen-bond acceptors (Lipinski definition) is 3. The highest BCUT2D eigenvalue weighted by Crippen LogP contribution is 2.27. The molecule has 0 aromatic carbocycles. The molecule has 114 valence electrons. The number of aromatic nitrogens is 1. The lowest BCUT2D eigenvalue weighted by atomic mass is 10.1. The molecule has 1 aromatic rings. The maximum absolute atomic E-state index is 8.68. The lowest BCUT2D eigenvalue weighted by Crippen LogP contribution is -2.02. The molecule has 0 aliphatic rings. The highest BCUT2D eigenvalue weighted by atomic mass is 35.5. The number of aryl methyl sites for hydroxylation is 1. The van der Waals surface area contributed by atoms with E-state index in [9.17, 15) is 0 Å². The summed E-state index contributed by atoms with van der Waals surface area (Å²) >= 11 is 6.00. The van der Waals surface area contributed by atoms with Crippen LogP contribution in [0.4, 0.5) is 0 Å². The second-order valence-electron chi connectivity index (χ2n) is 5.23. The summed E-state index contributed by atoms with van der Waals surface area (Å²) in [5.74, 6) is 0.882. The molecule has 0 atom stereocenters. The van der Waals surface area contributed by atoms with E-state index in [-0.39, 0.29) is 0 Å². The number of aliphatic hydroxyl groups is 1. The van der Waals surface area contributed by atoms with Crippen LogP contribution >= 0.6 is 11.6 Å². The van der Waals surface area contributed by atoms with E-state index in [1.807, 2.05) is 13.8 Å². The van der Waals surface area contributed by atoms with Crippen molar-refractivity contribution in [2.45, 2.75) is 58.8 Å². The highest BCUT2D eigenvalue weighted by molar-refractivity contribution is 6.30. The largest absolute Gasteiger partial charge is 0.493 e. The Kier molecular flexibility index (Phi) is 8.63. The Morgan fingerprint density at radius 1 is 1.05 bits per heavy atom. The molecule has 0 aliphatic heterocycles. The number of hydrogen-bond donors (Lipinski definition) is 1. The zero-order chi connectivity index (χ0) is 14.8. The Bertz CT molecular complexity index is 396. The van der Waals surface area contributed by atoms with Gasteiger partial charge in [-0.3, -0.25) is 0 Å². The van der Waals surface area contributed by atoms with Gasteiger partial charge in [-0.25, -0.2) is 4.98 Å². The van der Waals surface area contributed by atoms with Crippen LogP contribution in [0.15, 0.2) is 6.20 Å². The molecule has 20 heavy (non-hydrogen) atoms. The molecular formula is C16H26ClNO2. The summed E-state index contributed by atoms with van der Waals surface area (Å²) in [6.45, 7) is 4.99. The van der Waals surface area contributed by atoms with Gasteiger partial charge in [0.25, 0.3) is 0 Å². The zero-order valence-corrected chi connectivity index (χ0v) is 13.4. The lowest BCUT2D eigenvalue weighted by Gasteiger charge is -2.12. The fraction of sp³-hybridized carbons (Fsp3) is 0.688. The number of unbranched alkanes of at least 4 members (excludes halogenated alkanes) is 6. The van der Waals surface area contributed by atoms with Crippen molar-refractivity contribution in [2.75, 3.05) is 13.2 Å². The Morgan fingerprint density at radius 2 is 1.65 bits per heavy atom. The van der Waals surface area contributed by atoms with Gasteiger partial charge in [-0.1, -0.05) is 43.7 Å². The molecule has 1 rings (SSSR count). The van der Waals surface area contributed by atoms with Gasteiger partial charge in [-0.05, 0) is 26.7 Å². The van der Waals surface area contributed by atoms with Crippen LogP contribution in [-0.2, 0) is 0 Å². The smallest absolute Gasteiger partial charge is 0.135 e. The second kappa shape index (κ2) is 10.0. The van der Waals surface area contributed by atoms with Crippen LogP contribution in [0.1, 0.15) is 56.1 Å². The molecule has 0 unspecified atom stereocenters. The Hall–Kier alpha value is -0.800. The molecule has 0 spiro atoms. The molecule has 4 heteroatoms. The predicted octanol–water partition coefficient (Wildman–Crippen LogP) is 4.45.